The van der Waals surface area contributed by atoms with Gasteiger partial charge >= 0.3 is 0 Å². The minimum Gasteiger partial charge on any atom is -0.377 e. The van der Waals surface area contributed by atoms with Gasteiger partial charge in [-0.2, -0.15) is 9.97 Å². The molecule has 5 heterocycles. The Labute approximate surface area is 219 Å². The first kappa shape index (κ1) is 24.5. The van der Waals surface area contributed by atoms with Crippen LogP contribution >= 0.6 is 0 Å². The van der Waals surface area contributed by atoms with Crippen LogP contribution in [-0.4, -0.2) is 84.5 Å². The van der Waals surface area contributed by atoms with Crippen molar-refractivity contribution in [3.05, 3.63) is 42.0 Å². The van der Waals surface area contributed by atoms with Gasteiger partial charge in [0.1, 0.15) is 5.82 Å². The lowest BCUT2D eigenvalue weighted by Gasteiger charge is -2.37. The second-order valence-electron chi connectivity index (χ2n) is 11.0. The summed E-state index contributed by atoms with van der Waals surface area (Å²) in [4.78, 5) is 22.4. The van der Waals surface area contributed by atoms with E-state index in [0.717, 1.165) is 59.6 Å². The standard InChI is InChI=1S/C29H38N6O2/c1-20-9-10-33(16-20)17-23-5-4-6-24(15-23)26-8-7-25-27(30-26)31-29(35-12-14-37-19-22(35)3)32-28(25)34-11-13-36-18-21(34)2/h4-8,15,20-22H,9-14,16-19H2,1-3H3/t20-,21-,22-/m0/s1. The third-order valence-electron chi connectivity index (χ3n) is 7.93. The van der Waals surface area contributed by atoms with Crippen LogP contribution in [0.5, 0.6) is 0 Å². The maximum Gasteiger partial charge on any atom is 0.229 e. The van der Waals surface area contributed by atoms with Crippen LogP contribution < -0.4 is 9.80 Å². The smallest absolute Gasteiger partial charge is 0.229 e. The third kappa shape index (κ3) is 5.15. The molecule has 2 aromatic heterocycles. The predicted molar refractivity (Wildman–Crippen MR) is 147 cm³/mol. The van der Waals surface area contributed by atoms with Crippen molar-refractivity contribution in [3.8, 4) is 11.3 Å². The molecule has 0 amide bonds. The number of morpholine rings is 2. The topological polar surface area (TPSA) is 66.9 Å². The Kier molecular flexibility index (Phi) is 6.97. The predicted octanol–water partition coefficient (Wildman–Crippen LogP) is 3.98. The van der Waals surface area contributed by atoms with Gasteiger partial charge < -0.3 is 19.3 Å². The molecule has 0 aliphatic carbocycles. The van der Waals surface area contributed by atoms with Gasteiger partial charge in [0.2, 0.25) is 5.95 Å². The molecule has 0 bridgehead atoms. The molecule has 3 aliphatic rings. The minimum absolute atomic E-state index is 0.217. The number of fused-ring (bicyclic) bond motifs is 1. The lowest BCUT2D eigenvalue weighted by atomic mass is 10.1. The molecule has 8 nitrogen and oxygen atoms in total. The number of hydrogen-bond acceptors (Lipinski definition) is 8. The molecule has 3 fully saturated rings. The van der Waals surface area contributed by atoms with E-state index in [2.05, 4.69) is 71.9 Å². The average molecular weight is 503 g/mol. The van der Waals surface area contributed by atoms with Crippen LogP contribution in [0.3, 0.4) is 0 Å². The molecule has 0 spiro atoms. The summed E-state index contributed by atoms with van der Waals surface area (Å²) in [6.45, 7) is 14.4. The van der Waals surface area contributed by atoms with E-state index in [4.69, 9.17) is 24.4 Å². The highest BCUT2D eigenvalue weighted by molar-refractivity contribution is 5.90. The Morgan fingerprint density at radius 3 is 2.38 bits per heavy atom. The summed E-state index contributed by atoms with van der Waals surface area (Å²) in [6.07, 6.45) is 1.29. The molecule has 3 aliphatic heterocycles. The number of likely N-dealkylation sites (tertiary alicyclic amines) is 1. The van der Waals surface area contributed by atoms with Crippen molar-refractivity contribution in [3.63, 3.8) is 0 Å². The summed E-state index contributed by atoms with van der Waals surface area (Å²) in [5.74, 6) is 2.47. The molecule has 3 atom stereocenters. The van der Waals surface area contributed by atoms with E-state index in [-0.39, 0.29) is 12.1 Å². The highest BCUT2D eigenvalue weighted by Gasteiger charge is 2.27. The molecule has 0 unspecified atom stereocenters. The van der Waals surface area contributed by atoms with Crippen molar-refractivity contribution in [2.75, 3.05) is 62.4 Å². The number of ether oxygens (including phenoxy) is 2. The van der Waals surface area contributed by atoms with Gasteiger partial charge in [0.15, 0.2) is 5.65 Å². The molecule has 196 valence electrons. The fraction of sp³-hybridized carbons (Fsp3) is 0.552. The van der Waals surface area contributed by atoms with E-state index in [1.807, 2.05) is 0 Å². The number of rotatable bonds is 5. The first-order valence-corrected chi connectivity index (χ1v) is 13.7. The summed E-state index contributed by atoms with van der Waals surface area (Å²) in [7, 11) is 0. The van der Waals surface area contributed by atoms with E-state index in [1.165, 1.54) is 25.1 Å². The normalized spacial score (nSPS) is 25.2. The molecular formula is C29H38N6O2. The Bertz CT molecular complexity index is 1250. The second kappa shape index (κ2) is 10.5. The van der Waals surface area contributed by atoms with Gasteiger partial charge in [-0.3, -0.25) is 4.90 Å². The number of anilines is 2. The van der Waals surface area contributed by atoms with E-state index >= 15 is 0 Å². The van der Waals surface area contributed by atoms with Gasteiger partial charge in [-0.05, 0) is 56.5 Å². The van der Waals surface area contributed by atoms with Crippen molar-refractivity contribution in [1.29, 1.82) is 0 Å². The van der Waals surface area contributed by atoms with Crippen LogP contribution in [-0.2, 0) is 16.0 Å². The van der Waals surface area contributed by atoms with E-state index in [0.29, 0.717) is 26.4 Å². The Balaban J connectivity index is 1.38. The monoisotopic (exact) mass is 502 g/mol. The molecule has 0 saturated carbocycles. The summed E-state index contributed by atoms with van der Waals surface area (Å²) in [6, 6.07) is 13.5. The van der Waals surface area contributed by atoms with Crippen LogP contribution in [0, 0.1) is 5.92 Å². The molecular weight excluding hydrogens is 464 g/mol. The van der Waals surface area contributed by atoms with Gasteiger partial charge in [-0.1, -0.05) is 25.1 Å². The van der Waals surface area contributed by atoms with E-state index in [1.54, 1.807) is 0 Å². The molecule has 3 aromatic rings. The number of aromatic nitrogens is 3. The maximum atomic E-state index is 5.72. The molecule has 0 N–H and O–H groups in total. The molecule has 1 aromatic carbocycles. The zero-order valence-corrected chi connectivity index (χ0v) is 22.3. The van der Waals surface area contributed by atoms with Gasteiger partial charge in [0.05, 0.1) is 49.6 Å². The van der Waals surface area contributed by atoms with E-state index < -0.39 is 0 Å². The van der Waals surface area contributed by atoms with Crippen molar-refractivity contribution >= 4 is 22.8 Å². The quantitative estimate of drug-likeness (QED) is 0.519. The minimum atomic E-state index is 0.217. The lowest BCUT2D eigenvalue weighted by molar-refractivity contribution is 0.0973. The highest BCUT2D eigenvalue weighted by Crippen LogP contribution is 2.31. The average Bonchev–Trinajstić information content (AvgIpc) is 3.32. The summed E-state index contributed by atoms with van der Waals surface area (Å²) in [5, 5.41) is 0.990. The summed E-state index contributed by atoms with van der Waals surface area (Å²) in [5.41, 5.74) is 4.16. The molecule has 8 heteroatoms. The fourth-order valence-electron chi connectivity index (χ4n) is 5.81. The third-order valence-corrected chi connectivity index (χ3v) is 7.93. The molecule has 37 heavy (non-hydrogen) atoms. The lowest BCUT2D eigenvalue weighted by Crippen LogP contribution is -2.46. The highest BCUT2D eigenvalue weighted by atomic mass is 16.5. The van der Waals surface area contributed by atoms with Gasteiger partial charge in [-0.15, -0.1) is 0 Å². The van der Waals surface area contributed by atoms with Crippen LogP contribution in [0.4, 0.5) is 11.8 Å². The Hall–Kier alpha value is -2.81. The number of nitrogens with zero attached hydrogens (tertiary/aromatic N) is 6. The first-order chi connectivity index (χ1) is 18.0. The van der Waals surface area contributed by atoms with Crippen molar-refractivity contribution in [2.24, 2.45) is 5.92 Å². The number of pyridine rings is 1. The SMILES string of the molecule is C[C@H]1CCN(Cc2cccc(-c3ccc4c(N5CCOC[C@@H]5C)nc(N5CCOC[C@@H]5C)nc4n3)c2)C1. The number of benzene rings is 1. The number of hydrogen-bond donors (Lipinski definition) is 0. The first-order valence-electron chi connectivity index (χ1n) is 13.7. The molecule has 6 rings (SSSR count). The molecule has 0 radical (unpaired) electrons. The van der Waals surface area contributed by atoms with Crippen LogP contribution in [0.2, 0.25) is 0 Å². The zero-order chi connectivity index (χ0) is 25.4. The van der Waals surface area contributed by atoms with E-state index in [9.17, 15) is 0 Å². The Morgan fingerprint density at radius 1 is 0.865 bits per heavy atom. The van der Waals surface area contributed by atoms with Crippen LogP contribution in [0.1, 0.15) is 32.8 Å². The summed E-state index contributed by atoms with van der Waals surface area (Å²) < 4.78 is 11.4. The van der Waals surface area contributed by atoms with Gasteiger partial charge in [0.25, 0.3) is 0 Å². The summed E-state index contributed by atoms with van der Waals surface area (Å²) >= 11 is 0. The van der Waals surface area contributed by atoms with Crippen molar-refractivity contribution in [1.82, 2.24) is 19.9 Å². The van der Waals surface area contributed by atoms with Crippen molar-refractivity contribution < 1.29 is 9.47 Å². The zero-order valence-electron chi connectivity index (χ0n) is 22.3. The van der Waals surface area contributed by atoms with Crippen molar-refractivity contribution in [2.45, 2.75) is 45.8 Å². The largest absolute Gasteiger partial charge is 0.377 e. The van der Waals surface area contributed by atoms with Gasteiger partial charge in [0, 0.05) is 31.7 Å². The van der Waals surface area contributed by atoms with Crippen LogP contribution in [0.15, 0.2) is 36.4 Å². The van der Waals surface area contributed by atoms with Crippen LogP contribution in [0.25, 0.3) is 22.3 Å². The van der Waals surface area contributed by atoms with Gasteiger partial charge in [-0.25, -0.2) is 4.98 Å². The second-order valence-corrected chi connectivity index (χ2v) is 11.0. The molecule has 3 saturated heterocycles. The Morgan fingerprint density at radius 2 is 1.65 bits per heavy atom. The maximum absolute atomic E-state index is 5.72. The fourth-order valence-corrected chi connectivity index (χ4v) is 5.81.